The number of anilines is 1. The third kappa shape index (κ3) is 3.79. The Labute approximate surface area is 185 Å². The lowest BCUT2D eigenvalue weighted by Gasteiger charge is -2.28. The molecule has 32 heavy (non-hydrogen) atoms. The molecule has 166 valence electrons. The van der Waals surface area contributed by atoms with E-state index in [0.29, 0.717) is 24.6 Å². The Morgan fingerprint density at radius 1 is 0.969 bits per heavy atom. The largest absolute Gasteiger partial charge is 0.334 e. The van der Waals surface area contributed by atoms with Crippen LogP contribution in [-0.2, 0) is 14.4 Å². The molecule has 0 radical (unpaired) electrons. The maximum atomic E-state index is 12.8. The van der Waals surface area contributed by atoms with Gasteiger partial charge in [-0.1, -0.05) is 37.5 Å². The summed E-state index contributed by atoms with van der Waals surface area (Å²) in [5.41, 5.74) is 1.69. The molecule has 0 bridgehead atoms. The van der Waals surface area contributed by atoms with Crippen LogP contribution in [0.1, 0.15) is 56.6 Å². The Kier molecular flexibility index (Phi) is 5.24. The monoisotopic (exact) mass is 435 g/mol. The van der Waals surface area contributed by atoms with Crippen LogP contribution in [-0.4, -0.2) is 55.9 Å². The van der Waals surface area contributed by atoms with Crippen molar-refractivity contribution in [2.75, 3.05) is 11.9 Å². The Morgan fingerprint density at radius 2 is 1.69 bits per heavy atom. The molecule has 0 atom stereocenters. The van der Waals surface area contributed by atoms with Crippen molar-refractivity contribution < 1.29 is 19.2 Å². The fraction of sp³-hybridized carbons (Fsp3) is 0.435. The standard InChI is InChI=1S/C23H25N5O4/c29-20(14-26-21(30)22(31)27(23(26)32)16-7-3-1-4-8-16)24-19-13-18(15-11-12-15)25-28(19)17-9-5-2-6-10-17/h2,5-6,9-10,13,15-16H,1,3-4,7-8,11-12,14H2,(H,24,29). The number of para-hydroxylation sites is 1. The van der Waals surface area contributed by atoms with Gasteiger partial charge in [0, 0.05) is 18.0 Å². The Balaban J connectivity index is 1.32. The van der Waals surface area contributed by atoms with Gasteiger partial charge in [-0.3, -0.25) is 19.3 Å². The van der Waals surface area contributed by atoms with Crippen molar-refractivity contribution in [3.05, 3.63) is 42.1 Å². The minimum Gasteiger partial charge on any atom is -0.309 e. The number of urea groups is 1. The maximum absolute atomic E-state index is 12.8. The van der Waals surface area contributed by atoms with Gasteiger partial charge in [0.2, 0.25) is 5.91 Å². The maximum Gasteiger partial charge on any atom is 0.334 e. The normalized spacial score (nSPS) is 19.7. The molecule has 3 fully saturated rings. The van der Waals surface area contributed by atoms with Crippen LogP contribution in [0.5, 0.6) is 0 Å². The average molecular weight is 435 g/mol. The predicted molar refractivity (Wildman–Crippen MR) is 115 cm³/mol. The first-order chi connectivity index (χ1) is 15.5. The molecule has 2 aliphatic carbocycles. The highest BCUT2D eigenvalue weighted by Crippen LogP contribution is 2.40. The van der Waals surface area contributed by atoms with E-state index < -0.39 is 30.3 Å². The van der Waals surface area contributed by atoms with Crippen LogP contribution >= 0.6 is 0 Å². The molecular formula is C23H25N5O4. The minimum absolute atomic E-state index is 0.263. The Bertz CT molecular complexity index is 1070. The van der Waals surface area contributed by atoms with Crippen molar-refractivity contribution in [1.82, 2.24) is 19.6 Å². The lowest BCUT2D eigenvalue weighted by atomic mass is 9.94. The zero-order valence-electron chi connectivity index (χ0n) is 17.7. The van der Waals surface area contributed by atoms with Gasteiger partial charge in [0.05, 0.1) is 11.4 Å². The zero-order chi connectivity index (χ0) is 22.2. The first-order valence-electron chi connectivity index (χ1n) is 11.2. The van der Waals surface area contributed by atoms with Crippen LogP contribution in [0.25, 0.3) is 5.69 Å². The second-order valence-corrected chi connectivity index (χ2v) is 8.67. The van der Waals surface area contributed by atoms with E-state index in [4.69, 9.17) is 0 Å². The number of hydrogen-bond acceptors (Lipinski definition) is 5. The Hall–Kier alpha value is -3.49. The number of carbonyl (C=O) groups excluding carboxylic acids is 4. The van der Waals surface area contributed by atoms with Crippen molar-refractivity contribution in [3.8, 4) is 5.69 Å². The van der Waals surface area contributed by atoms with E-state index in [2.05, 4.69) is 10.4 Å². The number of benzene rings is 1. The number of amides is 5. The highest BCUT2D eigenvalue weighted by molar-refractivity contribution is 6.45. The summed E-state index contributed by atoms with van der Waals surface area (Å²) in [6.45, 7) is -0.509. The molecule has 3 aliphatic rings. The van der Waals surface area contributed by atoms with Gasteiger partial charge >= 0.3 is 17.8 Å². The molecule has 9 heteroatoms. The molecule has 0 unspecified atom stereocenters. The van der Waals surface area contributed by atoms with Gasteiger partial charge in [-0.05, 0) is 37.8 Å². The molecule has 0 spiro atoms. The molecule has 5 amide bonds. The molecule has 2 aromatic rings. The molecular weight excluding hydrogens is 410 g/mol. The van der Waals surface area contributed by atoms with Gasteiger partial charge in [-0.25, -0.2) is 14.4 Å². The lowest BCUT2D eigenvalue weighted by molar-refractivity contribution is -0.144. The van der Waals surface area contributed by atoms with Crippen LogP contribution in [0, 0.1) is 0 Å². The predicted octanol–water partition coefficient (Wildman–Crippen LogP) is 2.81. The number of nitrogens with zero attached hydrogens (tertiary/aromatic N) is 4. The number of aromatic nitrogens is 2. The first kappa shape index (κ1) is 20.4. The molecule has 1 aromatic heterocycles. The second kappa shape index (κ2) is 8.22. The van der Waals surface area contributed by atoms with Crippen LogP contribution in [0.4, 0.5) is 10.6 Å². The van der Waals surface area contributed by atoms with E-state index in [-0.39, 0.29) is 6.04 Å². The van der Waals surface area contributed by atoms with Crippen molar-refractivity contribution in [1.29, 1.82) is 0 Å². The molecule has 2 saturated carbocycles. The van der Waals surface area contributed by atoms with E-state index >= 15 is 0 Å². The average Bonchev–Trinajstić information content (AvgIpc) is 3.54. The number of hydrogen-bond donors (Lipinski definition) is 1. The summed E-state index contributed by atoms with van der Waals surface area (Å²) in [5.74, 6) is -1.47. The number of rotatable bonds is 6. The SMILES string of the molecule is O=C(CN1C(=O)C(=O)N(C2CCCCC2)C1=O)Nc1cc(C2CC2)nn1-c1ccccc1. The topological polar surface area (TPSA) is 105 Å². The van der Waals surface area contributed by atoms with Crippen LogP contribution in [0.2, 0.25) is 0 Å². The molecule has 1 aromatic carbocycles. The van der Waals surface area contributed by atoms with E-state index in [9.17, 15) is 19.2 Å². The van der Waals surface area contributed by atoms with E-state index in [1.807, 2.05) is 36.4 Å². The van der Waals surface area contributed by atoms with E-state index in [1.54, 1.807) is 4.68 Å². The molecule has 2 heterocycles. The first-order valence-corrected chi connectivity index (χ1v) is 11.2. The number of carbonyl (C=O) groups is 4. The van der Waals surface area contributed by atoms with Gasteiger partial charge in [-0.15, -0.1) is 0 Å². The minimum atomic E-state index is -0.939. The van der Waals surface area contributed by atoms with Gasteiger partial charge in [0.25, 0.3) is 0 Å². The summed E-state index contributed by atoms with van der Waals surface area (Å²) in [5, 5.41) is 7.41. The molecule has 5 rings (SSSR count). The molecule has 9 nitrogen and oxygen atoms in total. The summed E-state index contributed by atoms with van der Waals surface area (Å²) >= 11 is 0. The van der Waals surface area contributed by atoms with Crippen LogP contribution in [0.15, 0.2) is 36.4 Å². The number of nitrogens with one attached hydrogen (secondary N) is 1. The summed E-state index contributed by atoms with van der Waals surface area (Å²) in [6, 6.07) is 10.3. The zero-order valence-corrected chi connectivity index (χ0v) is 17.7. The van der Waals surface area contributed by atoms with Gasteiger partial charge < -0.3 is 5.32 Å². The second-order valence-electron chi connectivity index (χ2n) is 8.67. The summed E-state index contributed by atoms with van der Waals surface area (Å²) in [7, 11) is 0. The number of imide groups is 2. The third-order valence-electron chi connectivity index (χ3n) is 6.32. The van der Waals surface area contributed by atoms with Gasteiger partial charge in [-0.2, -0.15) is 5.10 Å². The molecule has 1 saturated heterocycles. The van der Waals surface area contributed by atoms with Crippen molar-refractivity contribution in [2.45, 2.75) is 56.9 Å². The quantitative estimate of drug-likeness (QED) is 0.555. The fourth-order valence-electron chi connectivity index (χ4n) is 4.48. The summed E-state index contributed by atoms with van der Waals surface area (Å²) < 4.78 is 1.65. The van der Waals surface area contributed by atoms with Crippen molar-refractivity contribution in [3.63, 3.8) is 0 Å². The smallest absolute Gasteiger partial charge is 0.309 e. The highest BCUT2D eigenvalue weighted by Gasteiger charge is 2.48. The molecule has 1 N–H and O–H groups in total. The summed E-state index contributed by atoms with van der Waals surface area (Å²) in [4.78, 5) is 52.3. The van der Waals surface area contributed by atoms with Crippen molar-refractivity contribution >= 4 is 29.6 Å². The van der Waals surface area contributed by atoms with E-state index in [0.717, 1.165) is 53.3 Å². The summed E-state index contributed by atoms with van der Waals surface area (Å²) in [6.07, 6.45) is 6.43. The van der Waals surface area contributed by atoms with Gasteiger partial charge in [0.15, 0.2) is 0 Å². The Morgan fingerprint density at radius 3 is 2.38 bits per heavy atom. The van der Waals surface area contributed by atoms with Crippen molar-refractivity contribution in [2.24, 2.45) is 0 Å². The van der Waals surface area contributed by atoms with Crippen LogP contribution in [0.3, 0.4) is 0 Å². The lowest BCUT2D eigenvalue weighted by Crippen LogP contribution is -2.43. The third-order valence-corrected chi connectivity index (χ3v) is 6.32. The van der Waals surface area contributed by atoms with Gasteiger partial charge in [0.1, 0.15) is 12.4 Å². The fourth-order valence-corrected chi connectivity index (χ4v) is 4.48. The molecule has 1 aliphatic heterocycles. The highest BCUT2D eigenvalue weighted by atomic mass is 16.2. The van der Waals surface area contributed by atoms with Crippen LogP contribution < -0.4 is 5.32 Å². The van der Waals surface area contributed by atoms with E-state index in [1.165, 1.54) is 0 Å².